The van der Waals surface area contributed by atoms with E-state index in [4.69, 9.17) is 0 Å². The molecule has 0 spiro atoms. The van der Waals surface area contributed by atoms with E-state index in [9.17, 15) is 4.79 Å². The lowest BCUT2D eigenvalue weighted by atomic mass is 10.0. The zero-order valence-electron chi connectivity index (χ0n) is 13.4. The van der Waals surface area contributed by atoms with Crippen LogP contribution in [0.15, 0.2) is 29.4 Å². The first-order valence-electron chi connectivity index (χ1n) is 8.46. The molecule has 1 fully saturated rings. The number of hydrogen-bond acceptors (Lipinski definition) is 3. The predicted octanol–water partition coefficient (Wildman–Crippen LogP) is 3.02. The number of likely N-dealkylation sites (tertiary alicyclic amines) is 1. The molecule has 0 unspecified atom stereocenters. The summed E-state index contributed by atoms with van der Waals surface area (Å²) in [6.07, 6.45) is 6.15. The number of hydrogen-bond donors (Lipinski definition) is 0. The Morgan fingerprint density at radius 1 is 1.05 bits per heavy atom. The summed E-state index contributed by atoms with van der Waals surface area (Å²) in [6.45, 7) is 4.97. The normalized spacial score (nSPS) is 20.1. The second-order valence-corrected chi connectivity index (χ2v) is 6.21. The molecule has 0 atom stereocenters. The van der Waals surface area contributed by atoms with Crippen molar-refractivity contribution in [1.29, 1.82) is 0 Å². The SMILES string of the molecule is CCc1ccc(C2=NN(CN3CCCCC3)C(=O)CC2)cc1. The van der Waals surface area contributed by atoms with Crippen molar-refractivity contribution in [1.82, 2.24) is 9.91 Å². The molecule has 0 saturated carbocycles. The highest BCUT2D eigenvalue weighted by atomic mass is 16.2. The van der Waals surface area contributed by atoms with Crippen molar-refractivity contribution in [3.05, 3.63) is 35.4 Å². The third-order valence-corrected chi connectivity index (χ3v) is 4.58. The Hall–Kier alpha value is -1.68. The number of nitrogens with zero attached hydrogens (tertiary/aromatic N) is 3. The summed E-state index contributed by atoms with van der Waals surface area (Å²) >= 11 is 0. The number of hydrazone groups is 1. The lowest BCUT2D eigenvalue weighted by Crippen LogP contribution is -2.43. The number of rotatable bonds is 4. The average molecular weight is 299 g/mol. The van der Waals surface area contributed by atoms with Gasteiger partial charge in [0.1, 0.15) is 0 Å². The van der Waals surface area contributed by atoms with Crippen LogP contribution in [0.2, 0.25) is 0 Å². The van der Waals surface area contributed by atoms with Gasteiger partial charge in [-0.25, -0.2) is 5.01 Å². The maximum Gasteiger partial charge on any atom is 0.244 e. The van der Waals surface area contributed by atoms with E-state index >= 15 is 0 Å². The van der Waals surface area contributed by atoms with Crippen LogP contribution in [0.3, 0.4) is 0 Å². The molecule has 0 aliphatic carbocycles. The number of benzene rings is 1. The average Bonchev–Trinajstić information content (AvgIpc) is 2.58. The highest BCUT2D eigenvalue weighted by Crippen LogP contribution is 2.18. The second kappa shape index (κ2) is 7.05. The third kappa shape index (κ3) is 3.55. The van der Waals surface area contributed by atoms with Crippen LogP contribution in [0.25, 0.3) is 0 Å². The molecule has 2 aliphatic heterocycles. The molecule has 0 radical (unpaired) electrons. The maximum atomic E-state index is 12.1. The fraction of sp³-hybridized carbons (Fsp3) is 0.556. The first-order valence-corrected chi connectivity index (χ1v) is 8.46. The lowest BCUT2D eigenvalue weighted by molar-refractivity contribution is -0.134. The molecule has 2 aliphatic rings. The number of piperidine rings is 1. The van der Waals surface area contributed by atoms with Crippen LogP contribution in [0.1, 0.15) is 50.2 Å². The summed E-state index contributed by atoms with van der Waals surface area (Å²) < 4.78 is 0. The summed E-state index contributed by atoms with van der Waals surface area (Å²) in [7, 11) is 0. The van der Waals surface area contributed by atoms with Crippen molar-refractivity contribution >= 4 is 11.6 Å². The van der Waals surface area contributed by atoms with Gasteiger partial charge in [-0.15, -0.1) is 0 Å². The van der Waals surface area contributed by atoms with Gasteiger partial charge in [-0.05, 0) is 43.5 Å². The van der Waals surface area contributed by atoms with Gasteiger partial charge in [0.05, 0.1) is 12.4 Å². The van der Waals surface area contributed by atoms with Gasteiger partial charge in [-0.2, -0.15) is 5.10 Å². The predicted molar refractivity (Wildman–Crippen MR) is 88.7 cm³/mol. The molecule has 4 nitrogen and oxygen atoms in total. The molecule has 0 aromatic heterocycles. The Labute approximate surface area is 132 Å². The van der Waals surface area contributed by atoms with Crippen LogP contribution in [-0.4, -0.2) is 41.3 Å². The zero-order chi connectivity index (χ0) is 15.4. The third-order valence-electron chi connectivity index (χ3n) is 4.58. The Morgan fingerprint density at radius 3 is 2.45 bits per heavy atom. The van der Waals surface area contributed by atoms with Crippen LogP contribution < -0.4 is 0 Å². The number of amides is 1. The molecule has 3 rings (SSSR count). The Kier molecular flexibility index (Phi) is 4.88. The standard InChI is InChI=1S/C18H25N3O/c1-2-15-6-8-16(9-7-15)17-10-11-18(22)21(19-17)14-20-12-4-3-5-13-20/h6-9H,2-5,10-14H2,1H3. The van der Waals surface area contributed by atoms with Gasteiger partial charge in [0.25, 0.3) is 0 Å². The van der Waals surface area contributed by atoms with E-state index in [0.717, 1.165) is 37.2 Å². The quantitative estimate of drug-likeness (QED) is 0.857. The topological polar surface area (TPSA) is 35.9 Å². The number of carbonyl (C=O) groups excluding carboxylic acids is 1. The Balaban J connectivity index is 1.72. The highest BCUT2D eigenvalue weighted by Gasteiger charge is 2.23. The first kappa shape index (κ1) is 15.2. The van der Waals surface area contributed by atoms with E-state index in [-0.39, 0.29) is 5.91 Å². The van der Waals surface area contributed by atoms with Crippen LogP contribution >= 0.6 is 0 Å². The Morgan fingerprint density at radius 2 is 1.77 bits per heavy atom. The summed E-state index contributed by atoms with van der Waals surface area (Å²) in [5.74, 6) is 0.152. The van der Waals surface area contributed by atoms with Crippen molar-refractivity contribution in [2.24, 2.45) is 5.10 Å². The molecule has 1 aromatic rings. The molecule has 118 valence electrons. The van der Waals surface area contributed by atoms with E-state index in [1.54, 1.807) is 5.01 Å². The summed E-state index contributed by atoms with van der Waals surface area (Å²) in [6, 6.07) is 8.57. The maximum absolute atomic E-state index is 12.1. The monoisotopic (exact) mass is 299 g/mol. The van der Waals surface area contributed by atoms with E-state index in [2.05, 4.69) is 41.2 Å². The van der Waals surface area contributed by atoms with Crippen molar-refractivity contribution in [2.75, 3.05) is 19.8 Å². The number of aryl methyl sites for hydroxylation is 1. The van der Waals surface area contributed by atoms with E-state index in [0.29, 0.717) is 13.1 Å². The molecule has 0 bridgehead atoms. The molecule has 1 amide bonds. The number of carbonyl (C=O) groups is 1. The summed E-state index contributed by atoms with van der Waals surface area (Å²) in [4.78, 5) is 14.5. The van der Waals surface area contributed by atoms with Crippen molar-refractivity contribution in [3.8, 4) is 0 Å². The largest absolute Gasteiger partial charge is 0.284 e. The van der Waals surface area contributed by atoms with Crippen molar-refractivity contribution in [3.63, 3.8) is 0 Å². The first-order chi connectivity index (χ1) is 10.8. The van der Waals surface area contributed by atoms with Crippen LogP contribution in [0.4, 0.5) is 0 Å². The molecule has 4 heteroatoms. The van der Waals surface area contributed by atoms with Gasteiger partial charge in [0, 0.05) is 12.8 Å². The van der Waals surface area contributed by atoms with Gasteiger partial charge >= 0.3 is 0 Å². The van der Waals surface area contributed by atoms with Gasteiger partial charge in [-0.1, -0.05) is 37.6 Å². The van der Waals surface area contributed by atoms with Gasteiger partial charge < -0.3 is 0 Å². The fourth-order valence-electron chi connectivity index (χ4n) is 3.14. The molecule has 1 saturated heterocycles. The molecule has 0 N–H and O–H groups in total. The van der Waals surface area contributed by atoms with Gasteiger partial charge in [0.15, 0.2) is 0 Å². The molecular weight excluding hydrogens is 274 g/mol. The highest BCUT2D eigenvalue weighted by molar-refractivity contribution is 6.04. The fourth-order valence-corrected chi connectivity index (χ4v) is 3.14. The van der Waals surface area contributed by atoms with Crippen molar-refractivity contribution in [2.45, 2.75) is 45.4 Å². The molecule has 22 heavy (non-hydrogen) atoms. The zero-order valence-corrected chi connectivity index (χ0v) is 13.4. The minimum Gasteiger partial charge on any atom is -0.284 e. The van der Waals surface area contributed by atoms with Crippen molar-refractivity contribution < 1.29 is 4.79 Å². The minimum absolute atomic E-state index is 0.152. The Bertz CT molecular complexity index is 544. The second-order valence-electron chi connectivity index (χ2n) is 6.21. The molecule has 2 heterocycles. The molecular formula is C18H25N3O. The lowest BCUT2D eigenvalue weighted by Gasteiger charge is -2.32. The van der Waals surface area contributed by atoms with E-state index in [1.807, 2.05) is 0 Å². The smallest absolute Gasteiger partial charge is 0.244 e. The van der Waals surface area contributed by atoms with E-state index < -0.39 is 0 Å². The van der Waals surface area contributed by atoms with Crippen LogP contribution in [0.5, 0.6) is 0 Å². The van der Waals surface area contributed by atoms with Gasteiger partial charge in [0.2, 0.25) is 5.91 Å². The minimum atomic E-state index is 0.152. The van der Waals surface area contributed by atoms with Crippen LogP contribution in [-0.2, 0) is 11.2 Å². The van der Waals surface area contributed by atoms with Crippen LogP contribution in [0, 0.1) is 0 Å². The summed E-state index contributed by atoms with van der Waals surface area (Å²) in [5.41, 5.74) is 3.52. The van der Waals surface area contributed by atoms with E-state index in [1.165, 1.54) is 24.8 Å². The molecule has 1 aromatic carbocycles. The summed E-state index contributed by atoms with van der Waals surface area (Å²) in [5, 5.41) is 6.32. The van der Waals surface area contributed by atoms with Gasteiger partial charge in [-0.3, -0.25) is 9.69 Å².